The molecule has 0 saturated carbocycles. The molecule has 0 aliphatic carbocycles. The number of hydrogen-bond donors (Lipinski definition) is 2. The molecule has 57 heavy (non-hydrogen) atoms. The maximum atomic E-state index is 6.64. The lowest BCUT2D eigenvalue weighted by Crippen LogP contribution is -2.45. The number of benzene rings is 8. The van der Waals surface area contributed by atoms with Gasteiger partial charge in [-0.25, -0.2) is 4.99 Å². The van der Waals surface area contributed by atoms with E-state index in [2.05, 4.69) is 191 Å². The van der Waals surface area contributed by atoms with Crippen LogP contribution >= 0.6 is 11.3 Å². The number of aromatic nitrogens is 1. The van der Waals surface area contributed by atoms with E-state index in [9.17, 15) is 0 Å². The summed E-state index contributed by atoms with van der Waals surface area (Å²) in [6, 6.07) is 64.9. The third-order valence-electron chi connectivity index (χ3n) is 11.5. The van der Waals surface area contributed by atoms with Gasteiger partial charge in [0.05, 0.1) is 11.0 Å². The second-order valence-corrected chi connectivity index (χ2v) is 15.9. The van der Waals surface area contributed by atoms with Gasteiger partial charge in [-0.15, -0.1) is 11.3 Å². The van der Waals surface area contributed by atoms with E-state index in [1.54, 1.807) is 0 Å². The Balaban J connectivity index is 0.918. The van der Waals surface area contributed by atoms with Crippen LogP contribution in [0.15, 0.2) is 191 Å². The molecule has 0 amide bonds. The maximum absolute atomic E-state index is 6.64. The molecule has 0 saturated heterocycles. The first-order chi connectivity index (χ1) is 28.2. The predicted molar refractivity (Wildman–Crippen MR) is 238 cm³/mol. The number of nitrogens with zero attached hydrogens (tertiary/aromatic N) is 2. The van der Waals surface area contributed by atoms with Crippen molar-refractivity contribution < 1.29 is 4.42 Å². The third-order valence-corrected chi connectivity index (χ3v) is 12.6. The summed E-state index contributed by atoms with van der Waals surface area (Å²) in [5.74, 6) is 0.885. The quantitative estimate of drug-likeness (QED) is 0.184. The van der Waals surface area contributed by atoms with E-state index in [1.165, 1.54) is 53.1 Å². The normalized spacial score (nSPS) is 15.9. The van der Waals surface area contributed by atoms with E-state index in [0.717, 1.165) is 50.2 Å². The van der Waals surface area contributed by atoms with Crippen LogP contribution in [-0.4, -0.2) is 10.4 Å². The summed E-state index contributed by atoms with van der Waals surface area (Å²) < 4.78 is 11.5. The molecule has 0 bridgehead atoms. The standard InChI is InChI=1S/C51H34N4OS/c1-3-12-31(13-4-1)49-52-50(32-14-5-2-6-15-32)54-51(53-49)41-18-11-21-46-48(41)40-26-23-34(29-47(40)57-46)33-22-25-38-39-27-24-35(30-45(39)56-44(38)28-33)55-42-19-9-7-16-36(42)37-17-8-10-20-43(37)55/h1-30,49,51,53H,(H,52,54). The molecule has 2 atom stereocenters. The lowest BCUT2D eigenvalue weighted by Gasteiger charge is -2.32. The molecule has 1 aliphatic rings. The highest BCUT2D eigenvalue weighted by Gasteiger charge is 2.27. The lowest BCUT2D eigenvalue weighted by atomic mass is 9.99. The van der Waals surface area contributed by atoms with E-state index in [-0.39, 0.29) is 12.3 Å². The minimum atomic E-state index is -0.187. The van der Waals surface area contributed by atoms with E-state index in [1.807, 2.05) is 17.4 Å². The van der Waals surface area contributed by atoms with Crippen LogP contribution in [0, 0.1) is 0 Å². The Hall–Kier alpha value is -6.99. The fourth-order valence-corrected chi connectivity index (χ4v) is 10.0. The molecule has 5 nitrogen and oxygen atoms in total. The second kappa shape index (κ2) is 12.8. The summed E-state index contributed by atoms with van der Waals surface area (Å²) in [5, 5.41) is 14.8. The van der Waals surface area contributed by atoms with Crippen LogP contribution in [0.1, 0.15) is 29.0 Å². The van der Waals surface area contributed by atoms with Gasteiger partial charge in [0.1, 0.15) is 29.3 Å². The average Bonchev–Trinajstić information content (AvgIpc) is 3.95. The number of fused-ring (bicyclic) bond motifs is 9. The Bertz CT molecular complexity index is 3320. The number of rotatable bonds is 5. The highest BCUT2D eigenvalue weighted by Crippen LogP contribution is 2.42. The van der Waals surface area contributed by atoms with Gasteiger partial charge in [0.2, 0.25) is 0 Å². The van der Waals surface area contributed by atoms with Gasteiger partial charge in [-0.2, -0.15) is 0 Å². The lowest BCUT2D eigenvalue weighted by molar-refractivity contribution is 0.411. The first-order valence-corrected chi connectivity index (χ1v) is 20.2. The van der Waals surface area contributed by atoms with Crippen molar-refractivity contribution in [3.63, 3.8) is 0 Å². The molecule has 0 radical (unpaired) electrons. The molecular formula is C51H34N4OS. The van der Waals surface area contributed by atoms with Crippen LogP contribution in [-0.2, 0) is 0 Å². The fraction of sp³-hybridized carbons (Fsp3) is 0.0392. The van der Waals surface area contributed by atoms with Crippen LogP contribution in [0.5, 0.6) is 0 Å². The first kappa shape index (κ1) is 32.3. The molecule has 0 spiro atoms. The van der Waals surface area contributed by atoms with Gasteiger partial charge in [-0.3, -0.25) is 5.32 Å². The Kier molecular flexibility index (Phi) is 7.24. The number of nitrogens with one attached hydrogen (secondary N) is 2. The average molecular weight is 751 g/mol. The number of para-hydroxylation sites is 2. The summed E-state index contributed by atoms with van der Waals surface area (Å²) >= 11 is 1.84. The smallest absolute Gasteiger partial charge is 0.137 e. The molecular weight excluding hydrogens is 717 g/mol. The van der Waals surface area contributed by atoms with Crippen molar-refractivity contribution in [2.45, 2.75) is 12.3 Å². The van der Waals surface area contributed by atoms with Gasteiger partial charge >= 0.3 is 0 Å². The summed E-state index contributed by atoms with van der Waals surface area (Å²) in [5.41, 5.74) is 11.0. The highest BCUT2D eigenvalue weighted by atomic mass is 32.1. The molecule has 270 valence electrons. The van der Waals surface area contributed by atoms with Crippen molar-refractivity contribution in [1.82, 2.24) is 15.2 Å². The first-order valence-electron chi connectivity index (χ1n) is 19.3. The number of furan rings is 1. The van der Waals surface area contributed by atoms with Crippen molar-refractivity contribution >= 4 is 81.1 Å². The molecule has 2 N–H and O–H groups in total. The van der Waals surface area contributed by atoms with E-state index in [4.69, 9.17) is 9.41 Å². The fourth-order valence-electron chi connectivity index (χ4n) is 8.83. The van der Waals surface area contributed by atoms with Crippen LogP contribution in [0.25, 0.3) is 80.7 Å². The topological polar surface area (TPSA) is 54.5 Å². The highest BCUT2D eigenvalue weighted by molar-refractivity contribution is 7.25. The maximum Gasteiger partial charge on any atom is 0.137 e. The van der Waals surface area contributed by atoms with Crippen LogP contribution in [0.2, 0.25) is 0 Å². The summed E-state index contributed by atoms with van der Waals surface area (Å²) in [7, 11) is 0. The van der Waals surface area contributed by atoms with Crippen LogP contribution in [0.3, 0.4) is 0 Å². The molecule has 1 aliphatic heterocycles. The SMILES string of the molecule is c1ccc(C2=NC(c3ccccc3)NC(c3cccc4sc5cc(-c6ccc7c(c6)oc6cc(-n8c9ccccc9c9ccccc98)ccc67)ccc5c34)N2)cc1. The molecule has 2 unspecified atom stereocenters. The van der Waals surface area contributed by atoms with E-state index in [0.29, 0.717) is 0 Å². The zero-order valence-corrected chi connectivity index (χ0v) is 31.5. The molecule has 11 aromatic rings. The Morgan fingerprint density at radius 2 is 1.16 bits per heavy atom. The summed E-state index contributed by atoms with van der Waals surface area (Å²) in [4.78, 5) is 5.13. The van der Waals surface area contributed by atoms with E-state index >= 15 is 0 Å². The van der Waals surface area contributed by atoms with Gasteiger partial charge in [0, 0.05) is 59.0 Å². The van der Waals surface area contributed by atoms with Crippen molar-refractivity contribution in [2.75, 3.05) is 0 Å². The number of amidine groups is 1. The van der Waals surface area contributed by atoms with Gasteiger partial charge in [-0.05, 0) is 70.8 Å². The monoisotopic (exact) mass is 750 g/mol. The Labute approximate surface area is 332 Å². The van der Waals surface area contributed by atoms with E-state index < -0.39 is 0 Å². The van der Waals surface area contributed by atoms with Crippen molar-refractivity contribution in [2.24, 2.45) is 4.99 Å². The largest absolute Gasteiger partial charge is 0.456 e. The van der Waals surface area contributed by atoms with Crippen molar-refractivity contribution in [1.29, 1.82) is 0 Å². The van der Waals surface area contributed by atoms with Gasteiger partial charge in [0.15, 0.2) is 0 Å². The molecule has 12 rings (SSSR count). The van der Waals surface area contributed by atoms with Gasteiger partial charge < -0.3 is 14.3 Å². The second-order valence-electron chi connectivity index (χ2n) is 14.8. The van der Waals surface area contributed by atoms with Gasteiger partial charge in [0.25, 0.3) is 0 Å². The zero-order valence-electron chi connectivity index (χ0n) is 30.7. The van der Waals surface area contributed by atoms with Crippen LogP contribution in [0.4, 0.5) is 0 Å². The number of aliphatic imine (C=N–C) groups is 1. The Morgan fingerprint density at radius 1 is 0.509 bits per heavy atom. The Morgan fingerprint density at radius 3 is 1.93 bits per heavy atom. The summed E-state index contributed by atoms with van der Waals surface area (Å²) in [6.45, 7) is 0. The third kappa shape index (κ3) is 5.22. The minimum absolute atomic E-state index is 0.143. The molecule has 0 fully saturated rings. The summed E-state index contributed by atoms with van der Waals surface area (Å²) in [6.07, 6.45) is -0.331. The van der Waals surface area contributed by atoms with Crippen molar-refractivity contribution in [3.8, 4) is 16.8 Å². The molecule has 4 heterocycles. The van der Waals surface area contributed by atoms with Crippen molar-refractivity contribution in [3.05, 3.63) is 199 Å². The zero-order chi connectivity index (χ0) is 37.5. The predicted octanol–water partition coefficient (Wildman–Crippen LogP) is 13.1. The van der Waals surface area contributed by atoms with Gasteiger partial charge in [-0.1, -0.05) is 127 Å². The van der Waals surface area contributed by atoms with Crippen LogP contribution < -0.4 is 10.6 Å². The molecule has 6 heteroatoms. The molecule has 8 aromatic carbocycles. The number of thiophene rings is 1. The molecule has 3 aromatic heterocycles. The minimum Gasteiger partial charge on any atom is -0.456 e. The number of hydrogen-bond acceptors (Lipinski definition) is 5.